The molecule has 1 aromatic heterocycles. The lowest BCUT2D eigenvalue weighted by Crippen LogP contribution is -1.96. The van der Waals surface area contributed by atoms with Crippen molar-refractivity contribution in [3.63, 3.8) is 0 Å². The highest BCUT2D eigenvalue weighted by Gasteiger charge is 2.04. The third-order valence-corrected chi connectivity index (χ3v) is 1.35. The van der Waals surface area contributed by atoms with E-state index in [0.29, 0.717) is 11.4 Å². The fourth-order valence-corrected chi connectivity index (χ4v) is 0.846. The van der Waals surface area contributed by atoms with Crippen molar-refractivity contribution in [1.82, 2.24) is 10.2 Å². The Hall–Kier alpha value is -0.870. The number of rotatable bonds is 2. The maximum Gasteiger partial charge on any atom is 0.238 e. The summed E-state index contributed by atoms with van der Waals surface area (Å²) >= 11 is 5.51. The Kier molecular flexibility index (Phi) is 2.62. The minimum absolute atomic E-state index is 0.154. The third kappa shape index (κ3) is 1.78. The molecule has 1 N–H and O–H groups in total. The Morgan fingerprint density at radius 1 is 1.64 bits per heavy atom. The summed E-state index contributed by atoms with van der Waals surface area (Å²) in [6.07, 6.45) is 0. The molecule has 0 aliphatic rings. The topological polar surface area (TPSA) is 55.2 Å². The largest absolute Gasteiger partial charge is 0.480 e. The van der Waals surface area contributed by atoms with Crippen LogP contribution in [0.4, 0.5) is 0 Å². The van der Waals surface area contributed by atoms with E-state index in [1.54, 1.807) is 0 Å². The second-order valence-corrected chi connectivity index (χ2v) is 2.25. The maximum absolute atomic E-state index is 8.77. The van der Waals surface area contributed by atoms with Gasteiger partial charge in [0.15, 0.2) is 5.15 Å². The Labute approximate surface area is 68.8 Å². The van der Waals surface area contributed by atoms with Crippen LogP contribution >= 0.6 is 11.6 Å². The summed E-state index contributed by atoms with van der Waals surface area (Å²) in [6.45, 7) is -0.154. The second-order valence-electron chi connectivity index (χ2n) is 1.86. The molecule has 1 heterocycles. The first-order valence-corrected chi connectivity index (χ1v) is 3.32. The molecule has 1 rings (SSSR count). The van der Waals surface area contributed by atoms with Crippen LogP contribution in [0.15, 0.2) is 6.07 Å². The van der Waals surface area contributed by atoms with E-state index in [9.17, 15) is 0 Å². The molecule has 0 saturated carbocycles. The van der Waals surface area contributed by atoms with E-state index < -0.39 is 0 Å². The van der Waals surface area contributed by atoms with Crippen LogP contribution in [0, 0.1) is 0 Å². The molecular weight excluding hydrogens is 168 g/mol. The molecule has 0 unspecified atom stereocenters. The van der Waals surface area contributed by atoms with Crippen LogP contribution in [-0.2, 0) is 6.61 Å². The van der Waals surface area contributed by atoms with Crippen LogP contribution in [-0.4, -0.2) is 22.4 Å². The predicted octanol–water partition coefficient (Wildman–Crippen LogP) is 0.631. The minimum atomic E-state index is -0.154. The van der Waals surface area contributed by atoms with Gasteiger partial charge in [-0.1, -0.05) is 11.6 Å². The van der Waals surface area contributed by atoms with Gasteiger partial charge in [-0.2, -0.15) is 0 Å². The number of methoxy groups -OCH3 is 1. The number of aliphatic hydroxyl groups excluding tert-OH is 1. The van der Waals surface area contributed by atoms with Crippen LogP contribution in [0.2, 0.25) is 5.15 Å². The summed E-state index contributed by atoms with van der Waals surface area (Å²) in [6, 6.07) is 1.51. The molecule has 0 spiro atoms. The molecule has 0 saturated heterocycles. The summed E-state index contributed by atoms with van der Waals surface area (Å²) in [7, 11) is 1.46. The zero-order valence-electron chi connectivity index (χ0n) is 5.91. The molecule has 0 aromatic carbocycles. The Morgan fingerprint density at radius 2 is 2.36 bits per heavy atom. The van der Waals surface area contributed by atoms with E-state index in [2.05, 4.69) is 10.2 Å². The Balaban J connectivity index is 3.06. The van der Waals surface area contributed by atoms with Crippen LogP contribution < -0.4 is 4.74 Å². The number of ether oxygens (including phenoxy) is 1. The van der Waals surface area contributed by atoms with Gasteiger partial charge in [-0.3, -0.25) is 0 Å². The standard InChI is InChI=1S/C6H7ClN2O2/c1-11-6-4(3-10)2-5(7)8-9-6/h2,10H,3H2,1H3. The van der Waals surface area contributed by atoms with Crippen LogP contribution in [0.1, 0.15) is 5.56 Å². The van der Waals surface area contributed by atoms with Crippen molar-refractivity contribution in [3.05, 3.63) is 16.8 Å². The highest BCUT2D eigenvalue weighted by atomic mass is 35.5. The van der Waals surface area contributed by atoms with Crippen molar-refractivity contribution in [3.8, 4) is 5.88 Å². The van der Waals surface area contributed by atoms with E-state index in [1.165, 1.54) is 13.2 Å². The van der Waals surface area contributed by atoms with Crippen molar-refractivity contribution in [2.45, 2.75) is 6.61 Å². The number of aliphatic hydroxyl groups is 1. The highest BCUT2D eigenvalue weighted by Crippen LogP contribution is 2.16. The van der Waals surface area contributed by atoms with Crippen LogP contribution in [0.5, 0.6) is 5.88 Å². The second kappa shape index (κ2) is 3.50. The molecule has 11 heavy (non-hydrogen) atoms. The zero-order valence-corrected chi connectivity index (χ0v) is 6.67. The molecule has 0 radical (unpaired) electrons. The molecule has 0 atom stereocenters. The average molecular weight is 175 g/mol. The molecule has 0 fully saturated rings. The van der Waals surface area contributed by atoms with E-state index >= 15 is 0 Å². The molecule has 0 aliphatic carbocycles. The number of aromatic nitrogens is 2. The van der Waals surface area contributed by atoms with Gasteiger partial charge >= 0.3 is 0 Å². The molecule has 0 bridgehead atoms. The molecule has 4 nitrogen and oxygen atoms in total. The zero-order chi connectivity index (χ0) is 8.27. The van der Waals surface area contributed by atoms with Crippen molar-refractivity contribution in [1.29, 1.82) is 0 Å². The fraction of sp³-hybridized carbons (Fsp3) is 0.333. The normalized spacial score (nSPS) is 9.73. The quantitative estimate of drug-likeness (QED) is 0.715. The lowest BCUT2D eigenvalue weighted by molar-refractivity contribution is 0.270. The van der Waals surface area contributed by atoms with Crippen molar-refractivity contribution in [2.24, 2.45) is 0 Å². The molecule has 60 valence electrons. The molecule has 1 aromatic rings. The minimum Gasteiger partial charge on any atom is -0.480 e. The van der Waals surface area contributed by atoms with Crippen LogP contribution in [0.25, 0.3) is 0 Å². The number of hydrogen-bond acceptors (Lipinski definition) is 4. The number of nitrogens with zero attached hydrogens (tertiary/aromatic N) is 2. The summed E-state index contributed by atoms with van der Waals surface area (Å²) in [5, 5.41) is 16.2. The van der Waals surface area contributed by atoms with Gasteiger partial charge in [0.1, 0.15) is 0 Å². The first-order chi connectivity index (χ1) is 5.27. The van der Waals surface area contributed by atoms with Crippen molar-refractivity contribution >= 4 is 11.6 Å². The van der Waals surface area contributed by atoms with Gasteiger partial charge in [0, 0.05) is 5.56 Å². The third-order valence-electron chi connectivity index (χ3n) is 1.17. The van der Waals surface area contributed by atoms with E-state index in [1.807, 2.05) is 0 Å². The molecule has 0 amide bonds. The number of halogens is 1. The summed E-state index contributed by atoms with van der Waals surface area (Å²) in [5.41, 5.74) is 0.535. The molecule has 0 aliphatic heterocycles. The van der Waals surface area contributed by atoms with Crippen molar-refractivity contribution < 1.29 is 9.84 Å². The van der Waals surface area contributed by atoms with Gasteiger partial charge in [0.25, 0.3) is 0 Å². The van der Waals surface area contributed by atoms with Gasteiger partial charge < -0.3 is 9.84 Å². The lowest BCUT2D eigenvalue weighted by atomic mass is 10.3. The smallest absolute Gasteiger partial charge is 0.238 e. The Bertz CT molecular complexity index is 254. The first-order valence-electron chi connectivity index (χ1n) is 2.95. The first kappa shape index (κ1) is 8.23. The average Bonchev–Trinajstić information content (AvgIpc) is 2.04. The lowest BCUT2D eigenvalue weighted by Gasteiger charge is -2.02. The molecule has 5 heteroatoms. The van der Waals surface area contributed by atoms with E-state index in [4.69, 9.17) is 21.4 Å². The SMILES string of the molecule is COc1nnc(Cl)cc1CO. The van der Waals surface area contributed by atoms with Crippen LogP contribution in [0.3, 0.4) is 0 Å². The highest BCUT2D eigenvalue weighted by molar-refractivity contribution is 6.29. The summed E-state index contributed by atoms with van der Waals surface area (Å²) < 4.78 is 4.80. The summed E-state index contributed by atoms with van der Waals surface area (Å²) in [5.74, 6) is 0.303. The predicted molar refractivity (Wildman–Crippen MR) is 39.5 cm³/mol. The van der Waals surface area contributed by atoms with E-state index in [-0.39, 0.29) is 11.8 Å². The monoisotopic (exact) mass is 174 g/mol. The van der Waals surface area contributed by atoms with Gasteiger partial charge in [-0.15, -0.1) is 10.2 Å². The van der Waals surface area contributed by atoms with Gasteiger partial charge in [-0.05, 0) is 6.07 Å². The van der Waals surface area contributed by atoms with Gasteiger partial charge in [0.05, 0.1) is 13.7 Å². The summed E-state index contributed by atoms with van der Waals surface area (Å²) in [4.78, 5) is 0. The van der Waals surface area contributed by atoms with Crippen molar-refractivity contribution in [2.75, 3.05) is 7.11 Å². The number of hydrogen-bond donors (Lipinski definition) is 1. The molecular formula is C6H7ClN2O2. The maximum atomic E-state index is 8.77. The van der Waals surface area contributed by atoms with Gasteiger partial charge in [-0.25, -0.2) is 0 Å². The van der Waals surface area contributed by atoms with E-state index in [0.717, 1.165) is 0 Å². The fourth-order valence-electron chi connectivity index (χ4n) is 0.677. The Morgan fingerprint density at radius 3 is 2.91 bits per heavy atom. The van der Waals surface area contributed by atoms with Gasteiger partial charge in [0.2, 0.25) is 5.88 Å².